The Labute approximate surface area is 72.9 Å². The van der Waals surface area contributed by atoms with Crippen molar-refractivity contribution in [1.29, 1.82) is 0 Å². The number of hydrogen-bond donors (Lipinski definition) is 1. The molecule has 0 unspecified atom stereocenters. The summed E-state index contributed by atoms with van der Waals surface area (Å²) in [5, 5.41) is 8.37. The summed E-state index contributed by atoms with van der Waals surface area (Å²) in [6.45, 7) is 5.73. The van der Waals surface area contributed by atoms with Gasteiger partial charge in [-0.2, -0.15) is 0 Å². The smallest absolute Gasteiger partial charge is 0.328 e. The summed E-state index contributed by atoms with van der Waals surface area (Å²) >= 11 is 0. The van der Waals surface area contributed by atoms with Crippen LogP contribution < -0.4 is 0 Å². The molecule has 0 aromatic carbocycles. The Morgan fingerprint density at radius 1 is 1.25 bits per heavy atom. The molecule has 0 spiro atoms. The van der Waals surface area contributed by atoms with Gasteiger partial charge in [-0.3, -0.25) is 0 Å². The number of carbonyl (C=O) groups is 1. The Bertz CT molecular complexity index is 241. The van der Waals surface area contributed by atoms with Crippen molar-refractivity contribution < 1.29 is 9.90 Å². The van der Waals surface area contributed by atoms with Crippen molar-refractivity contribution in [2.45, 2.75) is 20.8 Å². The van der Waals surface area contributed by atoms with E-state index in [9.17, 15) is 4.79 Å². The lowest BCUT2D eigenvalue weighted by Gasteiger charge is -1.87. The van der Waals surface area contributed by atoms with Crippen LogP contribution in [0.5, 0.6) is 0 Å². The Morgan fingerprint density at radius 3 is 2.25 bits per heavy atom. The van der Waals surface area contributed by atoms with Gasteiger partial charge < -0.3 is 5.11 Å². The molecule has 2 nitrogen and oxygen atoms in total. The first-order valence-corrected chi connectivity index (χ1v) is 3.75. The first kappa shape index (κ1) is 10.7. The minimum atomic E-state index is -0.908. The summed E-state index contributed by atoms with van der Waals surface area (Å²) in [5.74, 6) is -0.908. The molecule has 0 amide bonds. The van der Waals surface area contributed by atoms with Gasteiger partial charge in [-0.05, 0) is 26.3 Å². The molecule has 0 radical (unpaired) electrons. The zero-order chi connectivity index (χ0) is 9.56. The van der Waals surface area contributed by atoms with Crippen molar-refractivity contribution >= 4 is 5.97 Å². The summed E-state index contributed by atoms with van der Waals surface area (Å²) in [4.78, 5) is 10.2. The predicted molar refractivity (Wildman–Crippen MR) is 50.0 cm³/mol. The summed E-state index contributed by atoms with van der Waals surface area (Å²) in [7, 11) is 0. The molecule has 0 saturated carbocycles. The Kier molecular flexibility index (Phi) is 4.77. The maximum Gasteiger partial charge on any atom is 0.328 e. The van der Waals surface area contributed by atoms with Crippen molar-refractivity contribution in [2.75, 3.05) is 0 Å². The lowest BCUT2D eigenvalue weighted by Crippen LogP contribution is -1.87. The van der Waals surface area contributed by atoms with E-state index in [-0.39, 0.29) is 0 Å². The Hall–Kier alpha value is -1.31. The molecular formula is C10H14O2. The van der Waals surface area contributed by atoms with Gasteiger partial charge in [0.2, 0.25) is 0 Å². The number of hydrogen-bond acceptors (Lipinski definition) is 1. The normalized spacial score (nSPS) is 11.8. The van der Waals surface area contributed by atoms with Crippen LogP contribution in [-0.2, 0) is 4.79 Å². The number of carboxylic acid groups (broad SMARTS) is 1. The molecule has 0 aliphatic rings. The third-order valence-electron chi connectivity index (χ3n) is 1.14. The van der Waals surface area contributed by atoms with E-state index in [0.717, 1.165) is 5.57 Å². The van der Waals surface area contributed by atoms with Crippen LogP contribution in [0.15, 0.2) is 35.5 Å². The quantitative estimate of drug-likeness (QED) is 0.516. The minimum absolute atomic E-state index is 0.736. The van der Waals surface area contributed by atoms with E-state index >= 15 is 0 Å². The summed E-state index contributed by atoms with van der Waals surface area (Å²) < 4.78 is 0. The zero-order valence-electron chi connectivity index (χ0n) is 7.66. The molecule has 0 aromatic heterocycles. The highest BCUT2D eigenvalue weighted by atomic mass is 16.4. The first-order chi connectivity index (χ1) is 5.52. The average molecular weight is 166 g/mol. The molecule has 0 fully saturated rings. The predicted octanol–water partition coefficient (Wildman–Crippen LogP) is 2.54. The van der Waals surface area contributed by atoms with Gasteiger partial charge in [-0.1, -0.05) is 23.8 Å². The number of allylic oxidation sites excluding steroid dienone is 5. The monoisotopic (exact) mass is 166 g/mol. The third-order valence-corrected chi connectivity index (χ3v) is 1.14. The van der Waals surface area contributed by atoms with Crippen LogP contribution >= 0.6 is 0 Å². The largest absolute Gasteiger partial charge is 0.478 e. The van der Waals surface area contributed by atoms with E-state index in [1.54, 1.807) is 13.0 Å². The highest BCUT2D eigenvalue weighted by Gasteiger charge is 1.87. The fourth-order valence-electron chi connectivity index (χ4n) is 0.635. The Morgan fingerprint density at radius 2 is 1.83 bits per heavy atom. The standard InChI is InChI=1S/C10H14O2/c1-8(2)5-4-6-9(3)7-10(11)12/h4-7H,1-3H3,(H,11,12)/b6-4?,9-7+. The van der Waals surface area contributed by atoms with Crippen LogP contribution in [0.4, 0.5) is 0 Å². The fraction of sp³-hybridized carbons (Fsp3) is 0.300. The molecule has 0 aliphatic heterocycles. The maximum atomic E-state index is 10.2. The fourth-order valence-corrected chi connectivity index (χ4v) is 0.635. The van der Waals surface area contributed by atoms with E-state index in [0.29, 0.717) is 0 Å². The van der Waals surface area contributed by atoms with Gasteiger partial charge in [0.05, 0.1) is 0 Å². The molecule has 12 heavy (non-hydrogen) atoms. The number of rotatable bonds is 3. The highest BCUT2D eigenvalue weighted by molar-refractivity contribution is 5.81. The molecule has 66 valence electrons. The molecule has 0 aromatic rings. The number of aliphatic carboxylic acids is 1. The van der Waals surface area contributed by atoms with Gasteiger partial charge in [0.25, 0.3) is 0 Å². The highest BCUT2D eigenvalue weighted by Crippen LogP contribution is 1.96. The van der Waals surface area contributed by atoms with Gasteiger partial charge in [-0.15, -0.1) is 0 Å². The second kappa shape index (κ2) is 5.35. The molecule has 0 heterocycles. The second-order valence-corrected chi connectivity index (χ2v) is 2.83. The van der Waals surface area contributed by atoms with Gasteiger partial charge >= 0.3 is 5.97 Å². The van der Waals surface area contributed by atoms with Crippen molar-refractivity contribution in [2.24, 2.45) is 0 Å². The second-order valence-electron chi connectivity index (χ2n) is 2.83. The van der Waals surface area contributed by atoms with E-state index in [1.807, 2.05) is 26.0 Å². The summed E-state index contributed by atoms with van der Waals surface area (Å²) in [6.07, 6.45) is 6.71. The van der Waals surface area contributed by atoms with Gasteiger partial charge in [0, 0.05) is 6.08 Å². The lowest BCUT2D eigenvalue weighted by atomic mass is 10.2. The van der Waals surface area contributed by atoms with Crippen molar-refractivity contribution in [3.05, 3.63) is 35.5 Å². The zero-order valence-corrected chi connectivity index (χ0v) is 7.66. The van der Waals surface area contributed by atoms with Crippen LogP contribution in [0.1, 0.15) is 20.8 Å². The van der Waals surface area contributed by atoms with E-state index in [1.165, 1.54) is 11.6 Å². The third kappa shape index (κ3) is 6.81. The van der Waals surface area contributed by atoms with Crippen LogP contribution in [0.3, 0.4) is 0 Å². The lowest BCUT2D eigenvalue weighted by molar-refractivity contribution is -0.131. The van der Waals surface area contributed by atoms with Crippen molar-refractivity contribution in [3.8, 4) is 0 Å². The van der Waals surface area contributed by atoms with Gasteiger partial charge in [0.1, 0.15) is 0 Å². The van der Waals surface area contributed by atoms with E-state index in [2.05, 4.69) is 0 Å². The molecular weight excluding hydrogens is 152 g/mol. The topological polar surface area (TPSA) is 37.3 Å². The molecule has 0 rings (SSSR count). The van der Waals surface area contributed by atoms with Crippen molar-refractivity contribution in [1.82, 2.24) is 0 Å². The SMILES string of the molecule is CC(C)=CC=C/C(C)=C/C(=O)O. The van der Waals surface area contributed by atoms with Gasteiger partial charge in [-0.25, -0.2) is 4.79 Å². The van der Waals surface area contributed by atoms with E-state index in [4.69, 9.17) is 5.11 Å². The van der Waals surface area contributed by atoms with Crippen molar-refractivity contribution in [3.63, 3.8) is 0 Å². The van der Waals surface area contributed by atoms with Crippen LogP contribution in [0.25, 0.3) is 0 Å². The molecule has 1 N–H and O–H groups in total. The number of carboxylic acids is 1. The summed E-state index contributed by atoms with van der Waals surface area (Å²) in [5.41, 5.74) is 1.93. The van der Waals surface area contributed by atoms with E-state index < -0.39 is 5.97 Å². The van der Waals surface area contributed by atoms with Crippen LogP contribution in [0, 0.1) is 0 Å². The molecule has 0 aliphatic carbocycles. The van der Waals surface area contributed by atoms with Crippen LogP contribution in [0.2, 0.25) is 0 Å². The van der Waals surface area contributed by atoms with Crippen LogP contribution in [-0.4, -0.2) is 11.1 Å². The Balaban J connectivity index is 4.18. The maximum absolute atomic E-state index is 10.2. The molecule has 0 bridgehead atoms. The van der Waals surface area contributed by atoms with Gasteiger partial charge in [0.15, 0.2) is 0 Å². The summed E-state index contributed by atoms with van der Waals surface area (Å²) in [6, 6.07) is 0. The minimum Gasteiger partial charge on any atom is -0.478 e. The first-order valence-electron chi connectivity index (χ1n) is 3.75. The molecule has 2 heteroatoms. The molecule has 0 saturated heterocycles. The average Bonchev–Trinajstić information content (AvgIpc) is 1.84. The molecule has 0 atom stereocenters.